The maximum absolute atomic E-state index is 11.2. The Morgan fingerprint density at radius 1 is 1.37 bits per heavy atom. The summed E-state index contributed by atoms with van der Waals surface area (Å²) in [5, 5.41) is 3.37. The van der Waals surface area contributed by atoms with Crippen LogP contribution >= 0.6 is 24.0 Å². The molecule has 1 amide bonds. The number of nitrogens with two attached hydrogens (primary N) is 1. The number of amides is 1. The Morgan fingerprint density at radius 2 is 2.07 bits per heavy atom. The smallest absolute Gasteiger partial charge is 0.217 e. The second kappa shape index (κ2) is 12.0. The van der Waals surface area contributed by atoms with Gasteiger partial charge >= 0.3 is 0 Å². The molecule has 6 nitrogen and oxygen atoms in total. The van der Waals surface area contributed by atoms with E-state index in [1.807, 2.05) is 26.0 Å². The van der Waals surface area contributed by atoms with Crippen LogP contribution in [-0.2, 0) is 11.3 Å². The van der Waals surface area contributed by atoms with Crippen molar-refractivity contribution in [2.24, 2.45) is 16.6 Å². The lowest BCUT2D eigenvalue weighted by molar-refractivity contribution is -0.119. The van der Waals surface area contributed by atoms with Gasteiger partial charge in [-0.1, -0.05) is 12.1 Å². The molecule has 1 aliphatic rings. The summed E-state index contributed by atoms with van der Waals surface area (Å²) in [5.41, 5.74) is 6.51. The number of primary amides is 1. The van der Waals surface area contributed by atoms with Gasteiger partial charge in [-0.05, 0) is 57.2 Å². The molecule has 1 atom stereocenters. The summed E-state index contributed by atoms with van der Waals surface area (Å²) in [4.78, 5) is 18.3. The Morgan fingerprint density at radius 3 is 2.67 bits per heavy atom. The number of piperidine rings is 1. The molecule has 0 aromatic heterocycles. The highest BCUT2D eigenvalue weighted by atomic mass is 127. The van der Waals surface area contributed by atoms with E-state index in [2.05, 4.69) is 29.3 Å². The quantitative estimate of drug-likeness (QED) is 0.351. The molecule has 0 spiro atoms. The minimum absolute atomic E-state index is 0. The van der Waals surface area contributed by atoms with Gasteiger partial charge in [-0.15, -0.1) is 24.0 Å². The van der Waals surface area contributed by atoms with E-state index >= 15 is 0 Å². The van der Waals surface area contributed by atoms with Crippen LogP contribution in [0.1, 0.15) is 45.6 Å². The van der Waals surface area contributed by atoms with Crippen molar-refractivity contribution in [3.63, 3.8) is 0 Å². The van der Waals surface area contributed by atoms with E-state index in [1.54, 1.807) is 0 Å². The molecule has 1 aromatic rings. The van der Waals surface area contributed by atoms with Gasteiger partial charge in [0.1, 0.15) is 5.75 Å². The zero-order valence-electron chi connectivity index (χ0n) is 16.6. The topological polar surface area (TPSA) is 80.0 Å². The van der Waals surface area contributed by atoms with Crippen molar-refractivity contribution < 1.29 is 9.53 Å². The van der Waals surface area contributed by atoms with E-state index in [0.29, 0.717) is 18.9 Å². The maximum Gasteiger partial charge on any atom is 0.217 e. The van der Waals surface area contributed by atoms with Gasteiger partial charge in [-0.3, -0.25) is 4.79 Å². The first kappa shape index (κ1) is 23.5. The summed E-state index contributed by atoms with van der Waals surface area (Å²) in [5.74, 6) is 1.88. The van der Waals surface area contributed by atoms with Crippen molar-refractivity contribution in [3.8, 4) is 5.75 Å². The number of carbonyl (C=O) groups is 1. The largest absolute Gasteiger partial charge is 0.491 e. The number of nitrogens with zero attached hydrogens (tertiary/aromatic N) is 2. The van der Waals surface area contributed by atoms with Crippen LogP contribution in [0.4, 0.5) is 0 Å². The minimum Gasteiger partial charge on any atom is -0.491 e. The van der Waals surface area contributed by atoms with Crippen LogP contribution in [0.25, 0.3) is 0 Å². The molecule has 1 heterocycles. The maximum atomic E-state index is 11.2. The lowest BCUT2D eigenvalue weighted by Crippen LogP contribution is -2.47. The molecule has 27 heavy (non-hydrogen) atoms. The monoisotopic (exact) mass is 488 g/mol. The number of ether oxygens (including phenoxy) is 1. The van der Waals surface area contributed by atoms with Gasteiger partial charge in [0.2, 0.25) is 5.91 Å². The number of halogens is 1. The molecule has 3 N–H and O–H groups in total. The normalized spacial score (nSPS) is 17.4. The van der Waals surface area contributed by atoms with E-state index in [4.69, 9.17) is 15.5 Å². The standard InChI is InChI=1S/C20H32N4O2.HI/c1-4-22-20(24-11-5-6-17(14-24)12-19(21)25)23-13-16-7-9-18(10-8-16)26-15(2)3;/h7-10,15,17H,4-6,11-14H2,1-3H3,(H2,21,25)(H,22,23);1H. The molecule has 1 saturated heterocycles. The number of hydrogen-bond acceptors (Lipinski definition) is 3. The summed E-state index contributed by atoms with van der Waals surface area (Å²) in [7, 11) is 0. The highest BCUT2D eigenvalue weighted by Crippen LogP contribution is 2.20. The van der Waals surface area contributed by atoms with Gasteiger partial charge in [0, 0.05) is 26.1 Å². The van der Waals surface area contributed by atoms with Gasteiger partial charge in [0.25, 0.3) is 0 Å². The predicted molar refractivity (Wildman–Crippen MR) is 121 cm³/mol. The van der Waals surface area contributed by atoms with Crippen molar-refractivity contribution in [2.45, 2.75) is 52.7 Å². The van der Waals surface area contributed by atoms with Crippen LogP contribution < -0.4 is 15.8 Å². The fraction of sp³-hybridized carbons (Fsp3) is 0.600. The molecule has 1 unspecified atom stereocenters. The van der Waals surface area contributed by atoms with Crippen molar-refractivity contribution >= 4 is 35.8 Å². The summed E-state index contributed by atoms with van der Waals surface area (Å²) in [6, 6.07) is 8.08. The van der Waals surface area contributed by atoms with E-state index in [-0.39, 0.29) is 36.0 Å². The van der Waals surface area contributed by atoms with Crippen molar-refractivity contribution in [1.29, 1.82) is 0 Å². The first-order valence-electron chi connectivity index (χ1n) is 9.55. The third-order valence-corrected chi connectivity index (χ3v) is 4.35. The molecular weight excluding hydrogens is 455 g/mol. The van der Waals surface area contributed by atoms with Gasteiger partial charge in [-0.25, -0.2) is 4.99 Å². The molecule has 1 fully saturated rings. The number of rotatable bonds is 7. The average molecular weight is 488 g/mol. The molecule has 7 heteroatoms. The molecule has 0 aliphatic carbocycles. The zero-order valence-corrected chi connectivity index (χ0v) is 18.9. The first-order chi connectivity index (χ1) is 12.5. The molecule has 1 aromatic carbocycles. The van der Waals surface area contributed by atoms with Gasteiger partial charge in [0.05, 0.1) is 12.6 Å². The highest BCUT2D eigenvalue weighted by molar-refractivity contribution is 14.0. The third kappa shape index (κ3) is 8.36. The number of hydrogen-bond donors (Lipinski definition) is 2. The fourth-order valence-corrected chi connectivity index (χ4v) is 3.25. The number of likely N-dealkylation sites (tertiary alicyclic amines) is 1. The number of aliphatic imine (C=N–C) groups is 1. The predicted octanol–water partition coefficient (Wildman–Crippen LogP) is 3.14. The van der Waals surface area contributed by atoms with Crippen molar-refractivity contribution in [2.75, 3.05) is 19.6 Å². The fourth-order valence-electron chi connectivity index (χ4n) is 3.25. The molecular formula is C20H33IN4O2. The van der Waals surface area contributed by atoms with E-state index in [9.17, 15) is 4.79 Å². The Labute approximate surface area is 179 Å². The Kier molecular flexibility index (Phi) is 10.5. The Hall–Kier alpha value is -1.51. The molecule has 0 bridgehead atoms. The number of guanidine groups is 1. The van der Waals surface area contributed by atoms with E-state index in [0.717, 1.165) is 49.7 Å². The van der Waals surface area contributed by atoms with Crippen LogP contribution in [0.15, 0.2) is 29.3 Å². The Balaban J connectivity index is 0.00000364. The highest BCUT2D eigenvalue weighted by Gasteiger charge is 2.23. The average Bonchev–Trinajstić information content (AvgIpc) is 2.59. The van der Waals surface area contributed by atoms with Crippen LogP contribution in [0.3, 0.4) is 0 Å². The van der Waals surface area contributed by atoms with Crippen LogP contribution in [0, 0.1) is 5.92 Å². The second-order valence-electron chi connectivity index (χ2n) is 7.11. The number of carbonyl (C=O) groups excluding carboxylic acids is 1. The SMILES string of the molecule is CCNC(=NCc1ccc(OC(C)C)cc1)N1CCCC(CC(N)=O)C1.I. The molecule has 0 radical (unpaired) electrons. The lowest BCUT2D eigenvalue weighted by Gasteiger charge is -2.34. The molecule has 1 aliphatic heterocycles. The van der Waals surface area contributed by atoms with E-state index in [1.165, 1.54) is 0 Å². The summed E-state index contributed by atoms with van der Waals surface area (Å²) in [6.45, 7) is 9.32. The number of nitrogens with one attached hydrogen (secondary N) is 1. The van der Waals surface area contributed by atoms with Crippen LogP contribution in [0.2, 0.25) is 0 Å². The zero-order chi connectivity index (χ0) is 18.9. The van der Waals surface area contributed by atoms with Gasteiger partial charge < -0.3 is 20.7 Å². The van der Waals surface area contributed by atoms with Crippen LogP contribution in [-0.4, -0.2) is 42.5 Å². The number of benzene rings is 1. The lowest BCUT2D eigenvalue weighted by atomic mass is 9.95. The Bertz CT molecular complexity index is 605. The first-order valence-corrected chi connectivity index (χ1v) is 9.55. The van der Waals surface area contributed by atoms with Gasteiger partial charge in [-0.2, -0.15) is 0 Å². The van der Waals surface area contributed by atoms with Crippen LogP contribution in [0.5, 0.6) is 5.75 Å². The molecule has 2 rings (SSSR count). The van der Waals surface area contributed by atoms with E-state index < -0.39 is 0 Å². The third-order valence-electron chi connectivity index (χ3n) is 4.35. The van der Waals surface area contributed by atoms with Crippen molar-refractivity contribution in [1.82, 2.24) is 10.2 Å². The molecule has 0 saturated carbocycles. The second-order valence-corrected chi connectivity index (χ2v) is 7.11. The van der Waals surface area contributed by atoms with Gasteiger partial charge in [0.15, 0.2) is 5.96 Å². The summed E-state index contributed by atoms with van der Waals surface area (Å²) >= 11 is 0. The van der Waals surface area contributed by atoms with Crippen molar-refractivity contribution in [3.05, 3.63) is 29.8 Å². The molecule has 152 valence electrons. The summed E-state index contributed by atoms with van der Waals surface area (Å²) < 4.78 is 5.68. The summed E-state index contributed by atoms with van der Waals surface area (Å²) in [6.07, 6.45) is 2.74. The minimum atomic E-state index is -0.220.